The lowest BCUT2D eigenvalue weighted by molar-refractivity contribution is -0.136. The molecule has 0 aliphatic carbocycles. The Morgan fingerprint density at radius 3 is 2.45 bits per heavy atom. The van der Waals surface area contributed by atoms with Crippen LogP contribution in [0.5, 0.6) is 11.5 Å². The molecule has 4 aliphatic heterocycles. The van der Waals surface area contributed by atoms with Crippen LogP contribution in [0.25, 0.3) is 0 Å². The average Bonchev–Trinajstić information content (AvgIpc) is 3.47. The van der Waals surface area contributed by atoms with Crippen LogP contribution in [0.2, 0.25) is 0 Å². The molecule has 0 bridgehead atoms. The van der Waals surface area contributed by atoms with E-state index < -0.39 is 6.04 Å². The molecule has 0 saturated carbocycles. The standard InChI is InChI=1S/C21H25N3O5/c25-19-12-16(21(27)24(19)15-3-4-17-18(11-15)29-13-28-17)22-9-5-14(6-10-22)20(26)23-7-1-2-8-23/h3-4,11,14,16H,1-2,5-10,12-13H2. The minimum Gasteiger partial charge on any atom is -0.454 e. The van der Waals surface area contributed by atoms with Crippen LogP contribution in [0.3, 0.4) is 0 Å². The van der Waals surface area contributed by atoms with Gasteiger partial charge in [0.15, 0.2) is 11.5 Å². The minimum atomic E-state index is -0.448. The van der Waals surface area contributed by atoms with Crippen molar-refractivity contribution in [3.63, 3.8) is 0 Å². The van der Waals surface area contributed by atoms with Gasteiger partial charge >= 0.3 is 0 Å². The maximum atomic E-state index is 13.1. The van der Waals surface area contributed by atoms with Crippen LogP contribution in [0.4, 0.5) is 5.69 Å². The fourth-order valence-electron chi connectivity index (χ4n) is 4.85. The van der Waals surface area contributed by atoms with Gasteiger partial charge in [-0.05, 0) is 50.9 Å². The number of imide groups is 1. The van der Waals surface area contributed by atoms with Crippen LogP contribution in [0, 0.1) is 5.92 Å². The van der Waals surface area contributed by atoms with Crippen LogP contribution in [-0.4, -0.2) is 66.5 Å². The van der Waals surface area contributed by atoms with E-state index in [1.54, 1.807) is 18.2 Å². The van der Waals surface area contributed by atoms with Crippen LogP contribution < -0.4 is 14.4 Å². The number of rotatable bonds is 3. The molecule has 0 spiro atoms. The maximum absolute atomic E-state index is 13.1. The predicted octanol–water partition coefficient (Wildman–Crippen LogP) is 1.38. The number of hydrogen-bond donors (Lipinski definition) is 0. The highest BCUT2D eigenvalue weighted by molar-refractivity contribution is 6.22. The summed E-state index contributed by atoms with van der Waals surface area (Å²) in [6, 6.07) is 4.67. The number of hydrogen-bond acceptors (Lipinski definition) is 6. The van der Waals surface area contributed by atoms with Crippen molar-refractivity contribution in [1.29, 1.82) is 0 Å². The lowest BCUT2D eigenvalue weighted by Gasteiger charge is -2.35. The molecule has 154 valence electrons. The van der Waals surface area contributed by atoms with Crippen LogP contribution >= 0.6 is 0 Å². The van der Waals surface area contributed by atoms with Crippen molar-refractivity contribution in [2.45, 2.75) is 38.1 Å². The van der Waals surface area contributed by atoms with Gasteiger partial charge in [-0.3, -0.25) is 19.3 Å². The number of likely N-dealkylation sites (tertiary alicyclic amines) is 2. The number of fused-ring (bicyclic) bond motifs is 1. The Kier molecular flexibility index (Phi) is 4.66. The molecule has 1 atom stereocenters. The lowest BCUT2D eigenvalue weighted by atomic mass is 9.94. The Bertz CT molecular complexity index is 843. The monoisotopic (exact) mass is 399 g/mol. The Balaban J connectivity index is 1.24. The second kappa shape index (κ2) is 7.33. The topological polar surface area (TPSA) is 79.4 Å². The summed E-state index contributed by atoms with van der Waals surface area (Å²) in [4.78, 5) is 43.6. The number of benzene rings is 1. The van der Waals surface area contributed by atoms with E-state index >= 15 is 0 Å². The molecule has 0 aromatic heterocycles. The van der Waals surface area contributed by atoms with Crippen molar-refractivity contribution in [1.82, 2.24) is 9.80 Å². The smallest absolute Gasteiger partial charge is 0.251 e. The molecule has 4 heterocycles. The van der Waals surface area contributed by atoms with Gasteiger partial charge in [-0.1, -0.05) is 0 Å². The molecular formula is C21H25N3O5. The van der Waals surface area contributed by atoms with Gasteiger partial charge in [0.2, 0.25) is 18.6 Å². The third-order valence-corrected chi connectivity index (χ3v) is 6.47. The fraction of sp³-hybridized carbons (Fsp3) is 0.571. The summed E-state index contributed by atoms with van der Waals surface area (Å²) in [6.45, 7) is 3.23. The average molecular weight is 399 g/mol. The van der Waals surface area contributed by atoms with E-state index in [1.807, 2.05) is 4.90 Å². The Morgan fingerprint density at radius 1 is 0.966 bits per heavy atom. The first kappa shape index (κ1) is 18.4. The van der Waals surface area contributed by atoms with Gasteiger partial charge in [0, 0.05) is 25.1 Å². The Labute approximate surface area is 169 Å². The quantitative estimate of drug-likeness (QED) is 0.715. The number of amides is 3. The van der Waals surface area contributed by atoms with Crippen molar-refractivity contribution >= 4 is 23.4 Å². The predicted molar refractivity (Wildman–Crippen MR) is 104 cm³/mol. The molecule has 3 amide bonds. The molecule has 5 rings (SSSR count). The van der Waals surface area contributed by atoms with Crippen molar-refractivity contribution in [2.75, 3.05) is 37.9 Å². The second-order valence-electron chi connectivity index (χ2n) is 8.17. The fourth-order valence-corrected chi connectivity index (χ4v) is 4.85. The van der Waals surface area contributed by atoms with Crippen LogP contribution in [0.1, 0.15) is 32.1 Å². The largest absolute Gasteiger partial charge is 0.454 e. The van der Waals surface area contributed by atoms with Gasteiger partial charge < -0.3 is 14.4 Å². The van der Waals surface area contributed by atoms with E-state index in [2.05, 4.69) is 4.90 Å². The number of ether oxygens (including phenoxy) is 2. The van der Waals surface area contributed by atoms with E-state index in [4.69, 9.17) is 9.47 Å². The second-order valence-corrected chi connectivity index (χ2v) is 8.17. The molecule has 8 heteroatoms. The lowest BCUT2D eigenvalue weighted by Crippen LogP contribution is -2.48. The SMILES string of the molecule is O=C(C1CCN(C2CC(=O)N(c3ccc4c(c3)OCO4)C2=O)CC1)N1CCCC1. The van der Waals surface area contributed by atoms with Gasteiger partial charge in [0.05, 0.1) is 18.2 Å². The summed E-state index contributed by atoms with van der Waals surface area (Å²) < 4.78 is 10.7. The van der Waals surface area contributed by atoms with Gasteiger partial charge in [0.1, 0.15) is 0 Å². The number of piperidine rings is 1. The number of nitrogens with zero attached hydrogens (tertiary/aromatic N) is 3. The molecule has 1 aromatic rings. The summed E-state index contributed by atoms with van der Waals surface area (Å²) >= 11 is 0. The Morgan fingerprint density at radius 2 is 1.69 bits per heavy atom. The zero-order valence-electron chi connectivity index (χ0n) is 16.3. The summed E-state index contributed by atoms with van der Waals surface area (Å²) in [5.41, 5.74) is 0.519. The zero-order valence-corrected chi connectivity index (χ0v) is 16.3. The molecular weight excluding hydrogens is 374 g/mol. The third-order valence-electron chi connectivity index (χ3n) is 6.47. The molecule has 1 unspecified atom stereocenters. The first-order valence-electron chi connectivity index (χ1n) is 10.4. The molecule has 1 aromatic carbocycles. The number of carbonyl (C=O) groups excluding carboxylic acids is 3. The van der Waals surface area contributed by atoms with Crippen LogP contribution in [-0.2, 0) is 14.4 Å². The summed E-state index contributed by atoms with van der Waals surface area (Å²) in [5.74, 6) is 1.08. The molecule has 0 radical (unpaired) electrons. The van der Waals surface area contributed by atoms with E-state index in [0.717, 1.165) is 38.8 Å². The molecule has 0 N–H and O–H groups in total. The van der Waals surface area contributed by atoms with Crippen molar-refractivity contribution in [2.24, 2.45) is 5.92 Å². The van der Waals surface area contributed by atoms with Crippen molar-refractivity contribution in [3.05, 3.63) is 18.2 Å². The van der Waals surface area contributed by atoms with E-state index in [0.29, 0.717) is 30.3 Å². The third kappa shape index (κ3) is 3.25. The molecule has 4 aliphatic rings. The molecule has 3 saturated heterocycles. The first-order valence-corrected chi connectivity index (χ1v) is 10.4. The normalized spacial score (nSPS) is 25.3. The van der Waals surface area contributed by atoms with Crippen LogP contribution in [0.15, 0.2) is 18.2 Å². The van der Waals surface area contributed by atoms with E-state index in [1.165, 1.54) is 4.90 Å². The Hall–Kier alpha value is -2.61. The number of carbonyl (C=O) groups is 3. The highest BCUT2D eigenvalue weighted by Crippen LogP contribution is 2.37. The number of anilines is 1. The maximum Gasteiger partial charge on any atom is 0.251 e. The molecule has 3 fully saturated rings. The molecule has 8 nitrogen and oxygen atoms in total. The summed E-state index contributed by atoms with van der Waals surface area (Å²) in [7, 11) is 0. The first-order chi connectivity index (χ1) is 14.1. The van der Waals surface area contributed by atoms with Gasteiger partial charge in [-0.15, -0.1) is 0 Å². The van der Waals surface area contributed by atoms with Gasteiger partial charge in [-0.2, -0.15) is 0 Å². The summed E-state index contributed by atoms with van der Waals surface area (Å²) in [5, 5.41) is 0. The summed E-state index contributed by atoms with van der Waals surface area (Å²) in [6.07, 6.45) is 3.87. The van der Waals surface area contributed by atoms with E-state index in [-0.39, 0.29) is 36.9 Å². The molecule has 29 heavy (non-hydrogen) atoms. The van der Waals surface area contributed by atoms with E-state index in [9.17, 15) is 14.4 Å². The highest BCUT2D eigenvalue weighted by atomic mass is 16.7. The minimum absolute atomic E-state index is 0.0431. The van der Waals surface area contributed by atoms with Gasteiger partial charge in [0.25, 0.3) is 5.91 Å². The van der Waals surface area contributed by atoms with Crippen molar-refractivity contribution < 1.29 is 23.9 Å². The van der Waals surface area contributed by atoms with Crippen molar-refractivity contribution in [3.8, 4) is 11.5 Å². The van der Waals surface area contributed by atoms with Gasteiger partial charge in [-0.25, -0.2) is 4.90 Å². The zero-order chi connectivity index (χ0) is 20.0. The highest BCUT2D eigenvalue weighted by Gasteiger charge is 2.44.